The van der Waals surface area contributed by atoms with Crippen molar-refractivity contribution >= 4 is 16.8 Å². The predicted molar refractivity (Wildman–Crippen MR) is 82.5 cm³/mol. The van der Waals surface area contributed by atoms with Crippen LogP contribution < -0.4 is 10.6 Å². The zero-order valence-electron chi connectivity index (χ0n) is 12.4. The third kappa shape index (κ3) is 4.07. The van der Waals surface area contributed by atoms with Gasteiger partial charge >= 0.3 is 0 Å². The molecule has 2 rings (SSSR count). The van der Waals surface area contributed by atoms with Crippen LogP contribution in [0.15, 0.2) is 30.5 Å². The summed E-state index contributed by atoms with van der Waals surface area (Å²) in [7, 11) is 0. The highest BCUT2D eigenvalue weighted by molar-refractivity contribution is 5.83. The Morgan fingerprint density at radius 3 is 2.90 bits per heavy atom. The molecule has 1 amide bonds. The van der Waals surface area contributed by atoms with Gasteiger partial charge in [0.2, 0.25) is 5.91 Å². The van der Waals surface area contributed by atoms with Gasteiger partial charge in [-0.05, 0) is 29.1 Å². The summed E-state index contributed by atoms with van der Waals surface area (Å²) in [6.07, 6.45) is 1.90. The van der Waals surface area contributed by atoms with Gasteiger partial charge in [0.05, 0.1) is 6.07 Å². The molecule has 0 fully saturated rings. The van der Waals surface area contributed by atoms with Gasteiger partial charge in [-0.25, -0.2) is 0 Å². The van der Waals surface area contributed by atoms with E-state index in [9.17, 15) is 4.79 Å². The van der Waals surface area contributed by atoms with E-state index in [1.165, 1.54) is 5.56 Å². The number of nitrogens with one attached hydrogen (secondary N) is 2. The fourth-order valence-electron chi connectivity index (χ4n) is 2.17. The number of hydrogen-bond donors (Lipinski definition) is 2. The number of hydrogen-bond acceptors (Lipinski definition) is 3. The topological polar surface area (TPSA) is 69.8 Å². The Bertz CT molecular complexity index is 666. The van der Waals surface area contributed by atoms with E-state index >= 15 is 0 Å². The van der Waals surface area contributed by atoms with Crippen LogP contribution in [-0.2, 0) is 17.9 Å². The van der Waals surface area contributed by atoms with Crippen molar-refractivity contribution in [3.8, 4) is 6.07 Å². The fraction of sp³-hybridized carbons (Fsp3) is 0.375. The van der Waals surface area contributed by atoms with Crippen LogP contribution in [0.2, 0.25) is 0 Å². The smallest absolute Gasteiger partial charge is 0.240 e. The fourth-order valence-corrected chi connectivity index (χ4v) is 2.17. The predicted octanol–water partition coefficient (Wildman–Crippen LogP) is 1.78. The molecular weight excluding hydrogens is 264 g/mol. The molecular formula is C16H20N4O. The van der Waals surface area contributed by atoms with Crippen molar-refractivity contribution in [2.24, 2.45) is 0 Å². The third-order valence-electron chi connectivity index (χ3n) is 3.23. The van der Waals surface area contributed by atoms with E-state index in [1.807, 2.05) is 29.0 Å². The van der Waals surface area contributed by atoms with Crippen LogP contribution in [0.1, 0.15) is 19.4 Å². The van der Waals surface area contributed by atoms with E-state index in [0.717, 1.165) is 17.4 Å². The van der Waals surface area contributed by atoms with E-state index in [-0.39, 0.29) is 19.0 Å². The molecule has 2 N–H and O–H groups in total. The lowest BCUT2D eigenvalue weighted by atomic mass is 10.1. The molecule has 0 atom stereocenters. The quantitative estimate of drug-likeness (QED) is 0.794. The molecule has 1 heterocycles. The van der Waals surface area contributed by atoms with Crippen molar-refractivity contribution < 1.29 is 4.79 Å². The number of amides is 1. The van der Waals surface area contributed by atoms with E-state index in [4.69, 9.17) is 5.26 Å². The highest BCUT2D eigenvalue weighted by atomic mass is 16.1. The Morgan fingerprint density at radius 2 is 2.19 bits per heavy atom. The van der Waals surface area contributed by atoms with Gasteiger partial charge in [0, 0.05) is 24.3 Å². The summed E-state index contributed by atoms with van der Waals surface area (Å²) >= 11 is 0. The van der Waals surface area contributed by atoms with E-state index in [0.29, 0.717) is 6.04 Å². The lowest BCUT2D eigenvalue weighted by Gasteiger charge is -2.09. The lowest BCUT2D eigenvalue weighted by molar-refractivity contribution is -0.121. The van der Waals surface area contributed by atoms with Crippen LogP contribution >= 0.6 is 0 Å². The van der Waals surface area contributed by atoms with Crippen LogP contribution in [0.25, 0.3) is 10.9 Å². The summed E-state index contributed by atoms with van der Waals surface area (Å²) in [6, 6.07) is 10.6. The Kier molecular flexibility index (Phi) is 4.96. The molecule has 0 bridgehead atoms. The van der Waals surface area contributed by atoms with Gasteiger partial charge in [0.25, 0.3) is 0 Å². The van der Waals surface area contributed by atoms with Crippen molar-refractivity contribution in [1.29, 1.82) is 5.26 Å². The molecule has 5 heteroatoms. The molecule has 0 unspecified atom stereocenters. The van der Waals surface area contributed by atoms with Gasteiger partial charge in [0.1, 0.15) is 13.1 Å². The van der Waals surface area contributed by atoms with Gasteiger partial charge in [-0.15, -0.1) is 0 Å². The summed E-state index contributed by atoms with van der Waals surface area (Å²) < 4.78 is 1.89. The minimum Gasteiger partial charge on any atom is -0.341 e. The maximum atomic E-state index is 11.7. The third-order valence-corrected chi connectivity index (χ3v) is 3.23. The Labute approximate surface area is 124 Å². The van der Waals surface area contributed by atoms with Crippen molar-refractivity contribution in [2.45, 2.75) is 33.0 Å². The largest absolute Gasteiger partial charge is 0.341 e. The van der Waals surface area contributed by atoms with Gasteiger partial charge in [-0.3, -0.25) is 4.79 Å². The monoisotopic (exact) mass is 284 g/mol. The van der Waals surface area contributed by atoms with Crippen molar-refractivity contribution in [1.82, 2.24) is 15.2 Å². The lowest BCUT2D eigenvalue weighted by Crippen LogP contribution is -2.27. The highest BCUT2D eigenvalue weighted by Crippen LogP contribution is 2.17. The highest BCUT2D eigenvalue weighted by Gasteiger charge is 2.06. The molecule has 0 aliphatic carbocycles. The van der Waals surface area contributed by atoms with Gasteiger partial charge in [0.15, 0.2) is 0 Å². The van der Waals surface area contributed by atoms with Crippen LogP contribution in [0.5, 0.6) is 0 Å². The van der Waals surface area contributed by atoms with E-state index in [1.54, 1.807) is 0 Å². The first-order valence-electron chi connectivity index (χ1n) is 7.05. The molecule has 110 valence electrons. The Morgan fingerprint density at radius 1 is 1.38 bits per heavy atom. The molecule has 0 radical (unpaired) electrons. The van der Waals surface area contributed by atoms with Crippen molar-refractivity contribution in [3.05, 3.63) is 36.0 Å². The second-order valence-corrected chi connectivity index (χ2v) is 5.31. The first kappa shape index (κ1) is 15.1. The minimum atomic E-state index is -0.153. The van der Waals surface area contributed by atoms with Gasteiger partial charge < -0.3 is 15.2 Å². The maximum Gasteiger partial charge on any atom is 0.240 e. The molecule has 21 heavy (non-hydrogen) atoms. The first-order chi connectivity index (χ1) is 10.1. The van der Waals surface area contributed by atoms with Crippen molar-refractivity contribution in [2.75, 3.05) is 6.54 Å². The number of carbonyl (C=O) groups excluding carboxylic acids is 1. The summed E-state index contributed by atoms with van der Waals surface area (Å²) in [6.45, 7) is 5.35. The molecule has 0 saturated carbocycles. The summed E-state index contributed by atoms with van der Waals surface area (Å²) in [5, 5.41) is 15.5. The second kappa shape index (κ2) is 6.91. The molecule has 1 aromatic carbocycles. The van der Waals surface area contributed by atoms with Gasteiger partial charge in [-0.1, -0.05) is 19.9 Å². The number of nitriles is 1. The van der Waals surface area contributed by atoms with Crippen LogP contribution in [0.3, 0.4) is 0 Å². The number of nitrogens with zero attached hydrogens (tertiary/aromatic N) is 2. The molecule has 2 aromatic rings. The maximum absolute atomic E-state index is 11.7. The zero-order valence-corrected chi connectivity index (χ0v) is 12.4. The summed E-state index contributed by atoms with van der Waals surface area (Å²) in [5.74, 6) is -0.153. The molecule has 5 nitrogen and oxygen atoms in total. The van der Waals surface area contributed by atoms with Crippen molar-refractivity contribution in [3.63, 3.8) is 0 Å². The average Bonchev–Trinajstić information content (AvgIpc) is 2.85. The SMILES string of the molecule is CC(C)NCc1ccc2c(ccn2CC(=O)NCC#N)c1. The average molecular weight is 284 g/mol. The standard InChI is InChI=1S/C16H20N4O/c1-12(2)19-10-13-3-4-15-14(9-13)5-8-20(15)11-16(21)18-7-6-17/h3-5,8-9,12,19H,7,10-11H2,1-2H3,(H,18,21). The molecule has 0 aliphatic heterocycles. The number of fused-ring (bicyclic) bond motifs is 1. The van der Waals surface area contributed by atoms with Crippen LogP contribution in [0.4, 0.5) is 0 Å². The first-order valence-corrected chi connectivity index (χ1v) is 7.05. The minimum absolute atomic E-state index is 0.0447. The summed E-state index contributed by atoms with van der Waals surface area (Å²) in [5.41, 5.74) is 2.25. The number of carbonyl (C=O) groups is 1. The van der Waals surface area contributed by atoms with E-state index in [2.05, 4.69) is 36.6 Å². The Balaban J connectivity index is 2.10. The number of benzene rings is 1. The molecule has 0 spiro atoms. The number of aromatic nitrogens is 1. The van der Waals surface area contributed by atoms with Crippen LogP contribution in [-0.4, -0.2) is 23.1 Å². The normalized spacial score (nSPS) is 10.8. The number of rotatable bonds is 6. The van der Waals surface area contributed by atoms with Gasteiger partial charge in [-0.2, -0.15) is 5.26 Å². The second-order valence-electron chi connectivity index (χ2n) is 5.31. The summed E-state index contributed by atoms with van der Waals surface area (Å²) in [4.78, 5) is 11.7. The molecule has 0 saturated heterocycles. The van der Waals surface area contributed by atoms with Crippen LogP contribution in [0, 0.1) is 11.3 Å². The van der Waals surface area contributed by atoms with E-state index < -0.39 is 0 Å². The molecule has 0 aliphatic rings. The molecule has 1 aromatic heterocycles. The Hall–Kier alpha value is -2.32. The zero-order chi connectivity index (χ0) is 15.2.